The first kappa shape index (κ1) is 14.2. The molecule has 19 heavy (non-hydrogen) atoms. The highest BCUT2D eigenvalue weighted by Gasteiger charge is 2.40. The molecule has 0 spiro atoms. The van der Waals surface area contributed by atoms with Crippen molar-refractivity contribution >= 4 is 0 Å². The smallest absolute Gasteiger partial charge is 0.135 e. The van der Waals surface area contributed by atoms with Gasteiger partial charge >= 0.3 is 0 Å². The first-order valence-electron chi connectivity index (χ1n) is 6.27. The fourth-order valence-electron chi connectivity index (χ4n) is 2.51. The minimum absolute atomic E-state index is 0.0936. The van der Waals surface area contributed by atoms with Crippen LogP contribution in [0.25, 0.3) is 0 Å². The van der Waals surface area contributed by atoms with Crippen molar-refractivity contribution < 1.29 is 23.4 Å². The number of aliphatic hydroxyl groups excluding tert-OH is 1. The Kier molecular flexibility index (Phi) is 4.06. The van der Waals surface area contributed by atoms with Gasteiger partial charge in [-0.3, -0.25) is 0 Å². The number of ether oxygens (including phenoxy) is 2. The van der Waals surface area contributed by atoms with E-state index in [1.54, 1.807) is 7.11 Å². The fraction of sp³-hybridized carbons (Fsp3) is 0.571. The van der Waals surface area contributed by atoms with Gasteiger partial charge < -0.3 is 14.6 Å². The fourth-order valence-corrected chi connectivity index (χ4v) is 2.51. The first-order valence-corrected chi connectivity index (χ1v) is 6.27. The normalized spacial score (nSPS) is 18.8. The van der Waals surface area contributed by atoms with Crippen LogP contribution in [0.4, 0.5) is 8.78 Å². The number of halogens is 2. The van der Waals surface area contributed by atoms with Crippen molar-refractivity contribution in [3.63, 3.8) is 0 Å². The maximum atomic E-state index is 13.8. The Morgan fingerprint density at radius 3 is 2.21 bits per heavy atom. The minimum Gasteiger partial charge on any atom is -0.497 e. The van der Waals surface area contributed by atoms with E-state index in [1.165, 1.54) is 7.11 Å². The predicted octanol–water partition coefficient (Wildman–Crippen LogP) is 2.97. The molecule has 0 aliphatic heterocycles. The largest absolute Gasteiger partial charge is 0.497 e. The van der Waals surface area contributed by atoms with Gasteiger partial charge in [0.1, 0.15) is 17.4 Å². The van der Waals surface area contributed by atoms with Crippen LogP contribution >= 0.6 is 0 Å². The van der Waals surface area contributed by atoms with Crippen molar-refractivity contribution in [2.24, 2.45) is 0 Å². The number of rotatable bonds is 5. The maximum Gasteiger partial charge on any atom is 0.135 e. The lowest BCUT2D eigenvalue weighted by Gasteiger charge is -2.41. The molecule has 1 aromatic rings. The van der Waals surface area contributed by atoms with Crippen molar-refractivity contribution in [2.75, 3.05) is 14.2 Å². The Balaban J connectivity index is 2.21. The van der Waals surface area contributed by atoms with E-state index >= 15 is 0 Å². The highest BCUT2D eigenvalue weighted by molar-refractivity contribution is 5.32. The average molecular weight is 272 g/mol. The second kappa shape index (κ2) is 5.43. The molecule has 0 radical (unpaired) electrons. The highest BCUT2D eigenvalue weighted by atomic mass is 19.1. The third-order valence-electron chi connectivity index (χ3n) is 3.88. The molecule has 1 aliphatic rings. The summed E-state index contributed by atoms with van der Waals surface area (Å²) >= 11 is 0. The van der Waals surface area contributed by atoms with E-state index in [0.717, 1.165) is 31.4 Å². The zero-order valence-electron chi connectivity index (χ0n) is 11.1. The minimum atomic E-state index is -1.22. The predicted molar refractivity (Wildman–Crippen MR) is 66.1 cm³/mol. The molecular weight excluding hydrogens is 254 g/mol. The molecule has 0 heterocycles. The number of hydrogen-bond acceptors (Lipinski definition) is 3. The summed E-state index contributed by atoms with van der Waals surface area (Å²) < 4.78 is 37.8. The Labute approximate surface area is 111 Å². The monoisotopic (exact) mass is 272 g/mol. The van der Waals surface area contributed by atoms with Crippen molar-refractivity contribution in [3.8, 4) is 5.75 Å². The summed E-state index contributed by atoms with van der Waals surface area (Å²) in [7, 11) is 2.89. The van der Waals surface area contributed by atoms with Crippen LogP contribution in [0.2, 0.25) is 0 Å². The van der Waals surface area contributed by atoms with E-state index in [9.17, 15) is 13.9 Å². The third kappa shape index (κ3) is 2.72. The lowest BCUT2D eigenvalue weighted by atomic mass is 9.75. The third-order valence-corrected chi connectivity index (χ3v) is 3.88. The Bertz CT molecular complexity index is 429. The lowest BCUT2D eigenvalue weighted by Crippen LogP contribution is -2.40. The molecule has 1 unspecified atom stereocenters. The molecule has 3 nitrogen and oxygen atoms in total. The summed E-state index contributed by atoms with van der Waals surface area (Å²) in [5.74, 6) is -1.50. The quantitative estimate of drug-likeness (QED) is 0.895. The lowest BCUT2D eigenvalue weighted by molar-refractivity contribution is -0.101. The molecule has 1 N–H and O–H groups in total. The summed E-state index contributed by atoms with van der Waals surface area (Å²) in [5.41, 5.74) is -0.762. The molecule has 106 valence electrons. The number of methoxy groups -OCH3 is 2. The Morgan fingerprint density at radius 1 is 1.26 bits per heavy atom. The molecule has 0 saturated heterocycles. The average Bonchev–Trinajstić information content (AvgIpc) is 2.32. The topological polar surface area (TPSA) is 38.7 Å². The standard InChI is InChI=1S/C14H18F2O3/c1-18-9-6-10(15)13(11(16)7-9)12(17)8-14(19-2)4-3-5-14/h6-7,12,17H,3-5,8H2,1-2H3. The van der Waals surface area contributed by atoms with Crippen molar-refractivity contribution in [1.29, 1.82) is 0 Å². The molecule has 1 atom stereocenters. The second-order valence-corrected chi connectivity index (χ2v) is 4.97. The highest BCUT2D eigenvalue weighted by Crippen LogP contribution is 2.42. The second-order valence-electron chi connectivity index (χ2n) is 4.97. The van der Waals surface area contributed by atoms with Crippen LogP contribution in [0.1, 0.15) is 37.4 Å². The van der Waals surface area contributed by atoms with E-state index in [0.29, 0.717) is 0 Å². The van der Waals surface area contributed by atoms with E-state index < -0.39 is 23.3 Å². The van der Waals surface area contributed by atoms with Crippen molar-refractivity contribution in [1.82, 2.24) is 0 Å². The first-order chi connectivity index (χ1) is 9.01. The van der Waals surface area contributed by atoms with E-state index in [2.05, 4.69) is 0 Å². The molecule has 0 bridgehead atoms. The van der Waals surface area contributed by atoms with Gasteiger partial charge in [-0.15, -0.1) is 0 Å². The molecule has 1 fully saturated rings. The van der Waals surface area contributed by atoms with Gasteiger partial charge in [0.15, 0.2) is 0 Å². The zero-order chi connectivity index (χ0) is 14.0. The Morgan fingerprint density at radius 2 is 1.84 bits per heavy atom. The molecule has 0 amide bonds. The van der Waals surface area contributed by atoms with Crippen molar-refractivity contribution in [3.05, 3.63) is 29.3 Å². The molecule has 0 aromatic heterocycles. The van der Waals surface area contributed by atoms with Crippen LogP contribution in [0, 0.1) is 11.6 Å². The van der Waals surface area contributed by atoms with E-state index in [4.69, 9.17) is 9.47 Å². The summed E-state index contributed by atoms with van der Waals surface area (Å²) in [6.07, 6.45) is 1.60. The van der Waals surface area contributed by atoms with Crippen LogP contribution in [-0.2, 0) is 4.74 Å². The molecule has 5 heteroatoms. The van der Waals surface area contributed by atoms with Gasteiger partial charge in [-0.2, -0.15) is 0 Å². The van der Waals surface area contributed by atoms with Gasteiger partial charge in [0.2, 0.25) is 0 Å². The van der Waals surface area contributed by atoms with Crippen LogP contribution in [0.5, 0.6) is 5.75 Å². The van der Waals surface area contributed by atoms with Crippen molar-refractivity contribution in [2.45, 2.75) is 37.4 Å². The van der Waals surface area contributed by atoms with Gasteiger partial charge in [0.05, 0.1) is 24.4 Å². The summed E-state index contributed by atoms with van der Waals surface area (Å²) in [4.78, 5) is 0. The number of benzene rings is 1. The number of hydrogen-bond donors (Lipinski definition) is 1. The van der Waals surface area contributed by atoms with Gasteiger partial charge in [-0.25, -0.2) is 8.78 Å². The molecular formula is C14H18F2O3. The van der Waals surface area contributed by atoms with Crippen LogP contribution < -0.4 is 4.74 Å². The van der Waals surface area contributed by atoms with E-state index in [1.807, 2.05) is 0 Å². The summed E-state index contributed by atoms with van der Waals surface area (Å²) in [6, 6.07) is 2.14. The Hall–Kier alpha value is -1.20. The molecule has 1 saturated carbocycles. The van der Waals surface area contributed by atoms with Gasteiger partial charge in [-0.05, 0) is 19.3 Å². The van der Waals surface area contributed by atoms with Crippen LogP contribution in [0.3, 0.4) is 0 Å². The summed E-state index contributed by atoms with van der Waals surface area (Å²) in [5, 5.41) is 10.1. The van der Waals surface area contributed by atoms with Crippen LogP contribution in [-0.4, -0.2) is 24.9 Å². The van der Waals surface area contributed by atoms with Gasteiger partial charge in [0.25, 0.3) is 0 Å². The molecule has 2 rings (SSSR count). The maximum absolute atomic E-state index is 13.8. The molecule has 1 aliphatic carbocycles. The van der Waals surface area contributed by atoms with E-state index in [-0.39, 0.29) is 17.7 Å². The van der Waals surface area contributed by atoms with Gasteiger partial charge in [-0.1, -0.05) is 0 Å². The number of aliphatic hydroxyl groups is 1. The molecule has 1 aromatic carbocycles. The van der Waals surface area contributed by atoms with Gasteiger partial charge in [0, 0.05) is 25.7 Å². The SMILES string of the molecule is COc1cc(F)c(C(O)CC2(OC)CCC2)c(F)c1. The zero-order valence-corrected chi connectivity index (χ0v) is 11.1. The summed E-state index contributed by atoms with van der Waals surface area (Å²) in [6.45, 7) is 0. The van der Waals surface area contributed by atoms with Crippen LogP contribution in [0.15, 0.2) is 12.1 Å².